The maximum Gasteiger partial charge on any atom is 0.250 e. The summed E-state index contributed by atoms with van der Waals surface area (Å²) in [6, 6.07) is 11.7. The van der Waals surface area contributed by atoms with E-state index in [9.17, 15) is 0 Å². The zero-order valence-corrected chi connectivity index (χ0v) is 27.9. The average molecular weight is 543 g/mol. The fraction of sp³-hybridized carbons (Fsp3) is 0.697. The molecule has 2 nitrogen and oxygen atoms in total. The van der Waals surface area contributed by atoms with Crippen molar-refractivity contribution >= 4 is 16.6 Å². The van der Waals surface area contributed by atoms with E-state index in [1.165, 1.54) is 41.5 Å². The molecule has 4 heteroatoms. The van der Waals surface area contributed by atoms with E-state index >= 15 is 0 Å². The van der Waals surface area contributed by atoms with Crippen molar-refractivity contribution in [3.63, 3.8) is 0 Å². The second kappa shape index (κ2) is 14.8. The maximum atomic E-state index is 7.32. The first-order valence-corrected chi connectivity index (χ1v) is 20.6. The monoisotopic (exact) mass is 542 g/mol. The van der Waals surface area contributed by atoms with Gasteiger partial charge in [0.25, 0.3) is 0 Å². The quantitative estimate of drug-likeness (QED) is 0.117. The lowest BCUT2D eigenvalue weighted by molar-refractivity contribution is 0.441. The Kier molecular flexibility index (Phi) is 12.8. The Hall–Kier alpha value is -1.27. The van der Waals surface area contributed by atoms with E-state index in [0.29, 0.717) is 5.92 Å². The van der Waals surface area contributed by atoms with Crippen molar-refractivity contribution in [2.24, 2.45) is 5.92 Å². The van der Waals surface area contributed by atoms with Gasteiger partial charge in [0.05, 0.1) is 0 Å². The maximum absolute atomic E-state index is 7.32. The van der Waals surface area contributed by atoms with Gasteiger partial charge in [-0.25, -0.2) is 0 Å². The highest BCUT2D eigenvalue weighted by atomic mass is 28.4. The Balaban J connectivity index is 2.85. The Morgan fingerprint density at radius 1 is 0.838 bits per heavy atom. The molecule has 1 aliphatic rings. The van der Waals surface area contributed by atoms with Gasteiger partial charge in [0.15, 0.2) is 0 Å². The Bertz CT molecular complexity index is 836. The minimum absolute atomic E-state index is 0.274. The molecule has 1 aliphatic carbocycles. The molecule has 0 N–H and O–H groups in total. The Labute approximate surface area is 232 Å². The largest absolute Gasteiger partial charge is 0.543 e. The molecule has 0 amide bonds. The van der Waals surface area contributed by atoms with E-state index in [4.69, 9.17) is 8.85 Å². The second-order valence-electron chi connectivity index (χ2n) is 11.7. The Morgan fingerprint density at radius 2 is 1.32 bits per heavy atom. The van der Waals surface area contributed by atoms with Gasteiger partial charge < -0.3 is 8.85 Å². The molecule has 1 aromatic rings. The molecule has 0 heterocycles. The first-order chi connectivity index (χ1) is 17.7. The molecule has 0 saturated heterocycles. The third kappa shape index (κ3) is 7.88. The first-order valence-electron chi connectivity index (χ1n) is 15.5. The van der Waals surface area contributed by atoms with E-state index in [1.54, 1.807) is 0 Å². The van der Waals surface area contributed by atoms with E-state index in [0.717, 1.165) is 67.0 Å². The van der Waals surface area contributed by atoms with Crippen molar-refractivity contribution < 1.29 is 8.85 Å². The van der Waals surface area contributed by atoms with Crippen molar-refractivity contribution in [1.82, 2.24) is 0 Å². The summed E-state index contributed by atoms with van der Waals surface area (Å²) in [4.78, 5) is 0. The van der Waals surface area contributed by atoms with E-state index in [-0.39, 0.29) is 5.92 Å². The summed E-state index contributed by atoms with van der Waals surface area (Å²) in [6.45, 7) is 25.3. The molecule has 2 atom stereocenters. The van der Waals surface area contributed by atoms with Crippen LogP contribution in [0.2, 0.25) is 36.3 Å². The van der Waals surface area contributed by atoms with E-state index in [2.05, 4.69) is 87.1 Å². The second-order valence-corrected chi connectivity index (χ2v) is 21.1. The highest BCUT2D eigenvalue weighted by Crippen LogP contribution is 2.49. The van der Waals surface area contributed by atoms with Crippen LogP contribution in [0.15, 0.2) is 35.9 Å². The van der Waals surface area contributed by atoms with Crippen LogP contribution in [0.4, 0.5) is 0 Å². The molecule has 2 rings (SSSR count). The van der Waals surface area contributed by atoms with Crippen molar-refractivity contribution in [2.75, 3.05) is 0 Å². The van der Waals surface area contributed by atoms with Crippen LogP contribution in [0, 0.1) is 5.92 Å². The van der Waals surface area contributed by atoms with Gasteiger partial charge in [0.1, 0.15) is 11.5 Å². The molecule has 0 aliphatic heterocycles. The molecule has 0 unspecified atom stereocenters. The molecule has 210 valence electrons. The molecule has 1 aromatic carbocycles. The summed E-state index contributed by atoms with van der Waals surface area (Å²) < 4.78 is 14.6. The SMILES string of the molecule is C=C(C)[C@@H]1CCC(C)=C[C@H]1c1c(O[Si](CC)(CC)CC)cc(CCCCC)cc1O[Si](CC)(CC)CC. The van der Waals surface area contributed by atoms with Crippen LogP contribution >= 0.6 is 0 Å². The number of unbranched alkanes of at least 4 members (excludes halogenated alkanes) is 2. The number of allylic oxidation sites excluding steroid dienone is 3. The number of rotatable bonds is 16. The third-order valence-electron chi connectivity index (χ3n) is 9.47. The van der Waals surface area contributed by atoms with E-state index < -0.39 is 16.6 Å². The summed E-state index contributed by atoms with van der Waals surface area (Å²) in [5.74, 6) is 2.97. The van der Waals surface area contributed by atoms with Crippen molar-refractivity contribution in [1.29, 1.82) is 0 Å². The first kappa shape index (κ1) is 31.9. The highest BCUT2D eigenvalue weighted by molar-refractivity contribution is 6.74. The fourth-order valence-corrected chi connectivity index (χ4v) is 11.3. The van der Waals surface area contributed by atoms with Crippen LogP contribution in [-0.2, 0) is 6.42 Å². The molecule has 0 saturated carbocycles. The van der Waals surface area contributed by atoms with Crippen LogP contribution in [0.1, 0.15) is 111 Å². The van der Waals surface area contributed by atoms with Gasteiger partial charge >= 0.3 is 0 Å². The lowest BCUT2D eigenvalue weighted by atomic mass is 9.73. The van der Waals surface area contributed by atoms with Gasteiger partial charge in [-0.15, -0.1) is 0 Å². The van der Waals surface area contributed by atoms with Crippen LogP contribution < -0.4 is 8.85 Å². The van der Waals surface area contributed by atoms with Gasteiger partial charge in [0, 0.05) is 11.5 Å². The predicted molar refractivity (Wildman–Crippen MR) is 169 cm³/mol. The number of benzene rings is 1. The molecule has 37 heavy (non-hydrogen) atoms. The predicted octanol–water partition coefficient (Wildman–Crippen LogP) is 11.2. The summed E-state index contributed by atoms with van der Waals surface area (Å²) >= 11 is 0. The molecule has 0 spiro atoms. The third-order valence-corrected chi connectivity index (χ3v) is 18.5. The average Bonchev–Trinajstić information content (AvgIpc) is 2.90. The van der Waals surface area contributed by atoms with Crippen molar-refractivity contribution in [2.45, 2.75) is 143 Å². The summed E-state index contributed by atoms with van der Waals surface area (Å²) in [5, 5.41) is 0. The number of hydrogen-bond donors (Lipinski definition) is 0. The fourth-order valence-electron chi connectivity index (χ4n) is 6.18. The summed E-state index contributed by atoms with van der Waals surface area (Å²) in [7, 11) is -3.75. The van der Waals surface area contributed by atoms with Crippen molar-refractivity contribution in [3.8, 4) is 11.5 Å². The molecule has 0 fully saturated rings. The van der Waals surface area contributed by atoms with Crippen LogP contribution in [-0.4, -0.2) is 16.6 Å². The van der Waals surface area contributed by atoms with Gasteiger partial charge in [0.2, 0.25) is 16.6 Å². The standard InChI is InChI=1S/C33H58O2Si2/c1-11-18-19-20-28-24-31(34-36(12-2,13-3)14-4)33(30-23-27(10)21-22-29(30)26(8)9)32(25-28)35-37(15-5,16-6)17-7/h23-25,29-30H,8,11-22H2,1-7,9-10H3/t29-,30+/m0/s1. The highest BCUT2D eigenvalue weighted by Gasteiger charge is 2.38. The lowest BCUT2D eigenvalue weighted by Gasteiger charge is -2.38. The smallest absolute Gasteiger partial charge is 0.250 e. The van der Waals surface area contributed by atoms with Crippen molar-refractivity contribution in [3.05, 3.63) is 47.1 Å². The lowest BCUT2D eigenvalue weighted by Crippen LogP contribution is -2.41. The molecule has 0 aromatic heterocycles. The molecular weight excluding hydrogens is 485 g/mol. The summed E-state index contributed by atoms with van der Waals surface area (Å²) in [5.41, 5.74) is 5.49. The minimum Gasteiger partial charge on any atom is -0.543 e. The zero-order valence-electron chi connectivity index (χ0n) is 25.9. The molecular formula is C33H58O2Si2. The van der Waals surface area contributed by atoms with Gasteiger partial charge in [-0.1, -0.05) is 85.1 Å². The zero-order chi connectivity index (χ0) is 27.6. The van der Waals surface area contributed by atoms with E-state index in [1.807, 2.05) is 0 Å². The van der Waals surface area contributed by atoms with Crippen LogP contribution in [0.5, 0.6) is 11.5 Å². The normalized spacial score (nSPS) is 18.5. The van der Waals surface area contributed by atoms with Gasteiger partial charge in [-0.3, -0.25) is 0 Å². The molecule has 0 radical (unpaired) electrons. The minimum atomic E-state index is -1.87. The van der Waals surface area contributed by atoms with Gasteiger partial charge in [-0.05, 0) is 99.4 Å². The van der Waals surface area contributed by atoms with Crippen LogP contribution in [0.25, 0.3) is 0 Å². The number of hydrogen-bond acceptors (Lipinski definition) is 2. The van der Waals surface area contributed by atoms with Crippen LogP contribution in [0.3, 0.4) is 0 Å². The topological polar surface area (TPSA) is 18.5 Å². The number of aryl methyl sites for hydroxylation is 1. The summed E-state index contributed by atoms with van der Waals surface area (Å²) in [6.07, 6.45) is 9.68. The molecule has 0 bridgehead atoms. The van der Waals surface area contributed by atoms with Gasteiger partial charge in [-0.2, -0.15) is 0 Å². The Morgan fingerprint density at radius 3 is 1.73 bits per heavy atom.